The van der Waals surface area contributed by atoms with Crippen molar-refractivity contribution in [1.82, 2.24) is 0 Å². The number of rotatable bonds is 1. The molecule has 2 aromatic carbocycles. The number of fused-ring (bicyclic) bond motifs is 3. The summed E-state index contributed by atoms with van der Waals surface area (Å²) < 4.78 is 35.5. The molecule has 0 aliphatic rings. The maximum absolute atomic E-state index is 11.2. The molecule has 1 radical (unpaired) electrons. The van der Waals surface area contributed by atoms with Crippen molar-refractivity contribution in [3.63, 3.8) is 0 Å². The predicted molar refractivity (Wildman–Crippen MR) is 67.2 cm³/mol. The molecule has 0 saturated heterocycles. The zero-order valence-electron chi connectivity index (χ0n) is 8.58. The quantitative estimate of drug-likeness (QED) is 0.677. The lowest BCUT2D eigenvalue weighted by molar-refractivity contribution is 0.415. The average Bonchev–Trinajstić information content (AvgIpc) is 2.65. The van der Waals surface area contributed by atoms with Crippen LogP contribution in [-0.4, -0.2) is 8.42 Å². The van der Waals surface area contributed by atoms with Crippen LogP contribution in [0.1, 0.15) is 0 Å². The first-order valence-corrected chi connectivity index (χ1v) is 7.16. The minimum Gasteiger partial charge on any atom is -0.192 e. The van der Waals surface area contributed by atoms with Crippen molar-refractivity contribution in [2.45, 2.75) is 4.90 Å². The molecule has 3 aromatic rings. The van der Waals surface area contributed by atoms with E-state index < -0.39 is 10.1 Å². The highest BCUT2D eigenvalue weighted by Gasteiger charge is 2.18. The van der Waals surface area contributed by atoms with Crippen molar-refractivity contribution in [1.29, 1.82) is 0 Å². The van der Waals surface area contributed by atoms with Gasteiger partial charge in [-0.05, 0) is 18.2 Å². The second-order valence-corrected chi connectivity index (χ2v) is 6.11. The van der Waals surface area contributed by atoms with Crippen LogP contribution < -0.4 is 0 Å². The highest BCUT2D eigenvalue weighted by atomic mass is 32.2. The van der Waals surface area contributed by atoms with Crippen LogP contribution in [0.2, 0.25) is 0 Å². The van der Waals surface area contributed by atoms with E-state index in [1.165, 1.54) is 17.4 Å². The molecule has 0 atom stereocenters. The molecule has 1 aromatic heterocycles. The normalized spacial score (nSPS) is 12.3. The molecule has 0 aliphatic heterocycles. The molecule has 0 saturated carbocycles. The van der Waals surface area contributed by atoms with Crippen molar-refractivity contribution in [3.05, 3.63) is 42.5 Å². The molecule has 3 rings (SSSR count). The van der Waals surface area contributed by atoms with E-state index in [-0.39, 0.29) is 4.90 Å². The van der Waals surface area contributed by atoms with Gasteiger partial charge in [-0.1, -0.05) is 28.8 Å². The summed E-state index contributed by atoms with van der Waals surface area (Å²) in [5.74, 6) is 0. The third-order valence-corrected chi connectivity index (χ3v) is 4.65. The fraction of sp³-hybridized carbons (Fsp3) is 0. The average molecular weight is 263 g/mol. The molecule has 0 N–H and O–H groups in total. The Kier molecular flexibility index (Phi) is 2.22. The largest absolute Gasteiger partial charge is 0.324 e. The highest BCUT2D eigenvalue weighted by molar-refractivity contribution is 7.85. The summed E-state index contributed by atoms with van der Waals surface area (Å²) in [6.07, 6.45) is 0. The monoisotopic (exact) mass is 263 g/mol. The Hall–Kier alpha value is -1.43. The lowest BCUT2D eigenvalue weighted by atomic mass is 10.1. The van der Waals surface area contributed by atoms with E-state index in [0.717, 1.165) is 14.8 Å². The Morgan fingerprint density at radius 1 is 0.882 bits per heavy atom. The molecule has 0 unspecified atom stereocenters. The molecular formula is C12H7O3S2. The van der Waals surface area contributed by atoms with Crippen molar-refractivity contribution in [2.24, 2.45) is 0 Å². The standard InChI is InChI=1S/C12H7O3S2/c13-17(14,15)11-7-3-6-10-12(11)8-4-1-2-5-9(8)16-10/h1-7H. The van der Waals surface area contributed by atoms with E-state index >= 15 is 0 Å². The topological polar surface area (TPSA) is 54.0 Å². The van der Waals surface area contributed by atoms with Crippen molar-refractivity contribution in [2.75, 3.05) is 0 Å². The Morgan fingerprint density at radius 3 is 2.35 bits per heavy atom. The number of thiophene rings is 1. The summed E-state index contributed by atoms with van der Waals surface area (Å²) in [7, 11) is -4.43. The number of benzene rings is 2. The fourth-order valence-corrected chi connectivity index (χ4v) is 3.86. The molecule has 17 heavy (non-hydrogen) atoms. The number of hydrogen-bond acceptors (Lipinski definition) is 3. The van der Waals surface area contributed by atoms with Gasteiger partial charge in [0.1, 0.15) is 4.90 Å². The Labute approximate surface area is 102 Å². The SMILES string of the molecule is [O]S(=O)(=O)c1cccc2sc3ccccc3c12. The zero-order valence-corrected chi connectivity index (χ0v) is 10.2. The van der Waals surface area contributed by atoms with Gasteiger partial charge in [0.25, 0.3) is 0 Å². The molecule has 3 nitrogen and oxygen atoms in total. The molecule has 1 heterocycles. The number of hydrogen-bond donors (Lipinski definition) is 0. The highest BCUT2D eigenvalue weighted by Crippen LogP contribution is 2.37. The first-order chi connectivity index (χ1) is 8.07. The second kappa shape index (κ2) is 3.53. The van der Waals surface area contributed by atoms with Crippen LogP contribution >= 0.6 is 11.3 Å². The molecule has 0 amide bonds. The van der Waals surface area contributed by atoms with Crippen molar-refractivity contribution >= 4 is 41.6 Å². The van der Waals surface area contributed by atoms with Gasteiger partial charge >= 0.3 is 10.1 Å². The van der Waals surface area contributed by atoms with E-state index in [1.54, 1.807) is 6.07 Å². The van der Waals surface area contributed by atoms with E-state index in [1.807, 2.05) is 30.3 Å². The molecule has 0 spiro atoms. The van der Waals surface area contributed by atoms with Crippen LogP contribution in [0.25, 0.3) is 20.2 Å². The Balaban J connectivity index is 2.61. The molecule has 5 heteroatoms. The summed E-state index contributed by atoms with van der Waals surface area (Å²) >= 11 is 1.49. The van der Waals surface area contributed by atoms with Gasteiger partial charge in [-0.3, -0.25) is 0 Å². The van der Waals surface area contributed by atoms with Crippen LogP contribution in [0.3, 0.4) is 0 Å². The minimum atomic E-state index is -4.43. The molecule has 85 valence electrons. The van der Waals surface area contributed by atoms with Crippen LogP contribution in [0, 0.1) is 0 Å². The Bertz CT molecular complexity index is 816. The first kappa shape index (κ1) is 10.7. The Morgan fingerprint density at radius 2 is 1.59 bits per heavy atom. The van der Waals surface area contributed by atoms with Crippen LogP contribution in [-0.2, 0) is 14.7 Å². The third kappa shape index (κ3) is 1.63. The lowest BCUT2D eigenvalue weighted by Crippen LogP contribution is -1.96. The van der Waals surface area contributed by atoms with Crippen molar-refractivity contribution in [3.8, 4) is 0 Å². The summed E-state index contributed by atoms with van der Waals surface area (Å²) in [6, 6.07) is 12.3. The lowest BCUT2D eigenvalue weighted by Gasteiger charge is -1.98. The molecular weight excluding hydrogens is 256 g/mol. The van der Waals surface area contributed by atoms with Gasteiger partial charge in [0.05, 0.1) is 0 Å². The molecule has 0 fully saturated rings. The van der Waals surface area contributed by atoms with Gasteiger partial charge in [-0.25, -0.2) is 0 Å². The second-order valence-electron chi connectivity index (χ2n) is 3.68. The van der Waals surface area contributed by atoms with E-state index in [4.69, 9.17) is 0 Å². The maximum Gasteiger partial charge on any atom is 0.324 e. The van der Waals surface area contributed by atoms with E-state index in [2.05, 4.69) is 0 Å². The fourth-order valence-electron chi connectivity index (χ4n) is 1.95. The third-order valence-electron chi connectivity index (χ3n) is 2.63. The zero-order chi connectivity index (χ0) is 12.0. The minimum absolute atomic E-state index is 0.132. The smallest absolute Gasteiger partial charge is 0.192 e. The van der Waals surface area contributed by atoms with E-state index in [0.29, 0.717) is 5.39 Å². The first-order valence-electron chi connectivity index (χ1n) is 4.93. The summed E-state index contributed by atoms with van der Waals surface area (Å²) in [5, 5.41) is 1.37. The van der Waals surface area contributed by atoms with Crippen LogP contribution in [0.5, 0.6) is 0 Å². The summed E-state index contributed by atoms with van der Waals surface area (Å²) in [4.78, 5) is -0.132. The molecule has 0 aliphatic carbocycles. The van der Waals surface area contributed by atoms with Gasteiger partial charge in [0.15, 0.2) is 0 Å². The molecule has 0 bridgehead atoms. The van der Waals surface area contributed by atoms with Crippen molar-refractivity contribution < 1.29 is 13.0 Å². The van der Waals surface area contributed by atoms with Gasteiger partial charge < -0.3 is 0 Å². The predicted octanol–water partition coefficient (Wildman–Crippen LogP) is 3.17. The van der Waals surface area contributed by atoms with Gasteiger partial charge in [0, 0.05) is 20.2 Å². The maximum atomic E-state index is 11.2. The van der Waals surface area contributed by atoms with Gasteiger partial charge in [-0.2, -0.15) is 8.42 Å². The van der Waals surface area contributed by atoms with Gasteiger partial charge in [0.2, 0.25) is 0 Å². The summed E-state index contributed by atoms with van der Waals surface area (Å²) in [5.41, 5.74) is 0. The van der Waals surface area contributed by atoms with E-state index in [9.17, 15) is 13.0 Å². The summed E-state index contributed by atoms with van der Waals surface area (Å²) in [6.45, 7) is 0. The van der Waals surface area contributed by atoms with Crippen LogP contribution in [0.15, 0.2) is 47.4 Å². The van der Waals surface area contributed by atoms with Gasteiger partial charge in [-0.15, -0.1) is 11.3 Å². The van der Waals surface area contributed by atoms with Crippen LogP contribution in [0.4, 0.5) is 0 Å².